The summed E-state index contributed by atoms with van der Waals surface area (Å²) in [6.45, 7) is 5.61. The van der Waals surface area contributed by atoms with Crippen LogP contribution in [0.2, 0.25) is 0 Å². The quantitative estimate of drug-likeness (QED) is 0.724. The number of hydrogen-bond donors (Lipinski definition) is 1. The molecule has 29 heavy (non-hydrogen) atoms. The monoisotopic (exact) mass is 402 g/mol. The van der Waals surface area contributed by atoms with Gasteiger partial charge in [-0.3, -0.25) is 14.4 Å². The number of ether oxygens (including phenoxy) is 1. The minimum absolute atomic E-state index is 0.0739. The van der Waals surface area contributed by atoms with Crippen molar-refractivity contribution >= 4 is 17.5 Å². The third-order valence-corrected chi connectivity index (χ3v) is 9.25. The van der Waals surface area contributed by atoms with E-state index in [9.17, 15) is 19.5 Å². The molecule has 3 fully saturated rings. The van der Waals surface area contributed by atoms with Gasteiger partial charge in [-0.25, -0.2) is 0 Å². The lowest BCUT2D eigenvalue weighted by molar-refractivity contribution is -0.191. The normalized spacial score (nSPS) is 43.7. The number of aliphatic hydroxyl groups excluding tert-OH is 1. The standard InChI is InChI=1S/C24H34O5/c1-4-21(28)29-24(20(27)14-25)12-9-19-17-6-5-15-13-16(26)7-10-22(15,2)18(17)8-11-23(19,24)3/h13,17-19,25H,4-12,14H2,1-3H3/t17?,18?,19?,22-,23-,24-/m0/s1. The van der Waals surface area contributed by atoms with E-state index in [1.54, 1.807) is 6.92 Å². The highest BCUT2D eigenvalue weighted by Gasteiger charge is 2.68. The first-order chi connectivity index (χ1) is 13.7. The predicted molar refractivity (Wildman–Crippen MR) is 108 cm³/mol. The number of carbonyl (C=O) groups is 3. The molecule has 6 atom stereocenters. The largest absolute Gasteiger partial charge is 0.450 e. The Morgan fingerprint density at radius 1 is 1.10 bits per heavy atom. The lowest BCUT2D eigenvalue weighted by Crippen LogP contribution is -2.59. The van der Waals surface area contributed by atoms with Gasteiger partial charge in [0.1, 0.15) is 6.61 Å². The molecule has 4 aliphatic rings. The highest BCUT2D eigenvalue weighted by molar-refractivity contribution is 5.92. The average molecular weight is 403 g/mol. The van der Waals surface area contributed by atoms with Gasteiger partial charge in [0, 0.05) is 18.3 Å². The van der Waals surface area contributed by atoms with E-state index >= 15 is 0 Å². The summed E-state index contributed by atoms with van der Waals surface area (Å²) in [5.41, 5.74) is -0.221. The maximum atomic E-state index is 13.0. The number of ketones is 2. The summed E-state index contributed by atoms with van der Waals surface area (Å²) in [5, 5.41) is 9.72. The molecule has 0 aromatic rings. The molecule has 5 heteroatoms. The molecular weight excluding hydrogens is 368 g/mol. The summed E-state index contributed by atoms with van der Waals surface area (Å²) in [6, 6.07) is 0. The molecule has 4 rings (SSSR count). The van der Waals surface area contributed by atoms with Crippen LogP contribution in [0, 0.1) is 28.6 Å². The van der Waals surface area contributed by atoms with E-state index < -0.39 is 17.6 Å². The zero-order valence-corrected chi connectivity index (χ0v) is 18.0. The molecule has 0 heterocycles. The van der Waals surface area contributed by atoms with Crippen molar-refractivity contribution < 1.29 is 24.2 Å². The van der Waals surface area contributed by atoms with Crippen LogP contribution in [0.1, 0.15) is 78.6 Å². The first kappa shape index (κ1) is 20.8. The van der Waals surface area contributed by atoms with Crippen molar-refractivity contribution in [2.24, 2.45) is 28.6 Å². The molecule has 3 unspecified atom stereocenters. The molecule has 0 radical (unpaired) electrons. The Labute approximate surface area is 173 Å². The number of fused-ring (bicyclic) bond motifs is 5. The van der Waals surface area contributed by atoms with Crippen molar-refractivity contribution in [3.05, 3.63) is 11.6 Å². The maximum Gasteiger partial charge on any atom is 0.306 e. The van der Waals surface area contributed by atoms with Gasteiger partial charge in [-0.2, -0.15) is 0 Å². The zero-order chi connectivity index (χ0) is 21.0. The van der Waals surface area contributed by atoms with Crippen molar-refractivity contribution in [3.8, 4) is 0 Å². The molecule has 5 nitrogen and oxygen atoms in total. The Kier molecular flexibility index (Phi) is 5.04. The number of carbonyl (C=O) groups excluding carboxylic acids is 3. The van der Waals surface area contributed by atoms with Gasteiger partial charge in [0.2, 0.25) is 5.78 Å². The van der Waals surface area contributed by atoms with Gasteiger partial charge in [-0.1, -0.05) is 26.3 Å². The topological polar surface area (TPSA) is 80.7 Å². The van der Waals surface area contributed by atoms with Gasteiger partial charge >= 0.3 is 5.97 Å². The van der Waals surface area contributed by atoms with E-state index in [2.05, 4.69) is 13.8 Å². The van der Waals surface area contributed by atoms with Gasteiger partial charge < -0.3 is 9.84 Å². The van der Waals surface area contributed by atoms with Crippen LogP contribution in [0.5, 0.6) is 0 Å². The summed E-state index contributed by atoms with van der Waals surface area (Å²) in [4.78, 5) is 37.2. The van der Waals surface area contributed by atoms with E-state index in [0.717, 1.165) is 38.5 Å². The van der Waals surface area contributed by atoms with E-state index in [4.69, 9.17) is 4.74 Å². The van der Waals surface area contributed by atoms with E-state index in [0.29, 0.717) is 30.6 Å². The molecule has 0 bridgehead atoms. The van der Waals surface area contributed by atoms with Crippen molar-refractivity contribution in [1.82, 2.24) is 0 Å². The van der Waals surface area contributed by atoms with Crippen molar-refractivity contribution in [1.29, 1.82) is 0 Å². The smallest absolute Gasteiger partial charge is 0.306 e. The molecule has 0 aromatic carbocycles. The first-order valence-corrected chi connectivity index (χ1v) is 11.3. The third kappa shape index (κ3) is 2.79. The molecule has 160 valence electrons. The second-order valence-electron chi connectivity index (χ2n) is 10.2. The van der Waals surface area contributed by atoms with Crippen LogP contribution in [-0.4, -0.2) is 34.9 Å². The Balaban J connectivity index is 1.69. The highest BCUT2D eigenvalue weighted by atomic mass is 16.6. The van der Waals surface area contributed by atoms with E-state index in [-0.39, 0.29) is 29.4 Å². The summed E-state index contributed by atoms with van der Waals surface area (Å²) < 4.78 is 5.89. The summed E-state index contributed by atoms with van der Waals surface area (Å²) in [7, 11) is 0. The zero-order valence-electron chi connectivity index (χ0n) is 18.0. The summed E-state index contributed by atoms with van der Waals surface area (Å²) in [6.07, 6.45) is 8.84. The summed E-state index contributed by atoms with van der Waals surface area (Å²) >= 11 is 0. The van der Waals surface area contributed by atoms with Crippen LogP contribution in [-0.2, 0) is 19.1 Å². The van der Waals surface area contributed by atoms with E-state index in [1.807, 2.05) is 6.08 Å². The fourth-order valence-corrected chi connectivity index (χ4v) is 7.63. The minimum Gasteiger partial charge on any atom is -0.450 e. The number of Topliss-reactive ketones (excluding diaryl/α,β-unsaturated/α-hetero) is 1. The predicted octanol–water partition coefficient (Wildman–Crippen LogP) is 3.77. The maximum absolute atomic E-state index is 13.0. The Bertz CT molecular complexity index is 769. The Morgan fingerprint density at radius 2 is 1.83 bits per heavy atom. The molecule has 4 aliphatic carbocycles. The molecule has 0 aliphatic heterocycles. The fourth-order valence-electron chi connectivity index (χ4n) is 7.63. The van der Waals surface area contributed by atoms with Crippen LogP contribution in [0.25, 0.3) is 0 Å². The first-order valence-electron chi connectivity index (χ1n) is 11.3. The van der Waals surface area contributed by atoms with Crippen LogP contribution < -0.4 is 0 Å². The third-order valence-electron chi connectivity index (χ3n) is 9.25. The van der Waals surface area contributed by atoms with Gasteiger partial charge in [0.05, 0.1) is 0 Å². The second kappa shape index (κ2) is 7.04. The average Bonchev–Trinajstić information content (AvgIpc) is 3.01. The Morgan fingerprint density at radius 3 is 2.52 bits per heavy atom. The van der Waals surface area contributed by atoms with Crippen LogP contribution in [0.15, 0.2) is 11.6 Å². The number of aliphatic hydroxyl groups is 1. The second-order valence-corrected chi connectivity index (χ2v) is 10.2. The number of esters is 1. The van der Waals surface area contributed by atoms with Crippen molar-refractivity contribution in [3.63, 3.8) is 0 Å². The minimum atomic E-state index is -1.19. The molecule has 1 N–H and O–H groups in total. The van der Waals surface area contributed by atoms with Crippen LogP contribution in [0.3, 0.4) is 0 Å². The highest BCUT2D eigenvalue weighted by Crippen LogP contribution is 2.68. The number of hydrogen-bond acceptors (Lipinski definition) is 5. The van der Waals surface area contributed by atoms with Gasteiger partial charge in [-0.15, -0.1) is 0 Å². The van der Waals surface area contributed by atoms with Crippen molar-refractivity contribution in [2.75, 3.05) is 6.61 Å². The van der Waals surface area contributed by atoms with E-state index in [1.165, 1.54) is 5.57 Å². The van der Waals surface area contributed by atoms with Crippen molar-refractivity contribution in [2.45, 2.75) is 84.2 Å². The van der Waals surface area contributed by atoms with Gasteiger partial charge in [0.15, 0.2) is 11.4 Å². The van der Waals surface area contributed by atoms with Crippen LogP contribution in [0.4, 0.5) is 0 Å². The molecule has 0 saturated heterocycles. The Hall–Kier alpha value is -1.49. The number of rotatable bonds is 4. The fraction of sp³-hybridized carbons (Fsp3) is 0.792. The molecule has 0 spiro atoms. The molecule has 0 aromatic heterocycles. The van der Waals surface area contributed by atoms with Gasteiger partial charge in [-0.05, 0) is 74.2 Å². The summed E-state index contributed by atoms with van der Waals surface area (Å²) in [5.74, 6) is 0.846. The lowest BCUT2D eigenvalue weighted by Gasteiger charge is -2.59. The number of allylic oxidation sites excluding steroid dienone is 1. The van der Waals surface area contributed by atoms with Gasteiger partial charge in [0.25, 0.3) is 0 Å². The molecule has 3 saturated carbocycles. The lowest BCUT2D eigenvalue weighted by atomic mass is 9.46. The molecule has 0 amide bonds. The SMILES string of the molecule is CCC(=O)O[C@]1(C(=O)CO)CCC2C3CCC4=CC(=O)CC[C@]4(C)C3CC[C@@]21C. The molecular formula is C24H34O5. The van der Waals surface area contributed by atoms with Crippen LogP contribution >= 0.6 is 0 Å².